The lowest BCUT2D eigenvalue weighted by Crippen LogP contribution is -2.51. The van der Waals surface area contributed by atoms with Crippen LogP contribution in [0.25, 0.3) is 0 Å². The van der Waals surface area contributed by atoms with E-state index in [1.807, 2.05) is 0 Å². The normalized spacial score (nSPS) is 15.9. The third-order valence-electron chi connectivity index (χ3n) is 3.93. The first-order chi connectivity index (χ1) is 11.5. The first-order valence-electron chi connectivity index (χ1n) is 7.79. The van der Waals surface area contributed by atoms with Crippen LogP contribution in [0, 0.1) is 0 Å². The lowest BCUT2D eigenvalue weighted by atomic mass is 10.1. The minimum atomic E-state index is -0.639. The van der Waals surface area contributed by atoms with Crippen molar-refractivity contribution in [1.29, 1.82) is 0 Å². The number of likely N-dealkylation sites (tertiary alicyclic amines) is 1. The number of nitrogens with zero attached hydrogens (tertiary/aromatic N) is 4. The second-order valence-corrected chi connectivity index (χ2v) is 6.24. The summed E-state index contributed by atoms with van der Waals surface area (Å²) in [4.78, 5) is 13.9. The van der Waals surface area contributed by atoms with E-state index in [2.05, 4.69) is 10.3 Å². The van der Waals surface area contributed by atoms with Gasteiger partial charge in [0.05, 0.1) is 31.4 Å². The van der Waals surface area contributed by atoms with Crippen molar-refractivity contribution < 1.29 is 14.6 Å². The molecule has 1 saturated heterocycles. The van der Waals surface area contributed by atoms with Crippen molar-refractivity contribution in [3.63, 3.8) is 0 Å². The molecule has 0 spiro atoms. The molecule has 1 aromatic carbocycles. The molecule has 1 aromatic heterocycles. The zero-order valence-electron chi connectivity index (χ0n) is 13.3. The summed E-state index contributed by atoms with van der Waals surface area (Å²) in [5, 5.41) is 18.0. The van der Waals surface area contributed by atoms with Crippen LogP contribution < -0.4 is 4.74 Å². The molecule has 0 saturated carbocycles. The maximum Gasteiger partial charge on any atom is 0.226 e. The third-order valence-corrected chi connectivity index (χ3v) is 4.16. The maximum absolute atomic E-state index is 12.1. The Hall–Kier alpha value is -2.12. The van der Waals surface area contributed by atoms with Crippen molar-refractivity contribution in [3.8, 4) is 5.75 Å². The van der Waals surface area contributed by atoms with Crippen molar-refractivity contribution in [3.05, 3.63) is 41.2 Å². The highest BCUT2D eigenvalue weighted by Gasteiger charge is 2.32. The SMILES string of the molecule is CC(O)c1cn(C2CN(C(=O)CCOc3cccc(Cl)c3)C2)nn1. The van der Waals surface area contributed by atoms with Crippen LogP contribution in [-0.4, -0.2) is 50.6 Å². The summed E-state index contributed by atoms with van der Waals surface area (Å²) in [5.41, 5.74) is 0.537. The molecule has 2 aromatic rings. The van der Waals surface area contributed by atoms with E-state index in [1.165, 1.54) is 0 Å². The van der Waals surface area contributed by atoms with E-state index in [9.17, 15) is 9.90 Å². The number of hydrogen-bond acceptors (Lipinski definition) is 5. The summed E-state index contributed by atoms with van der Waals surface area (Å²) in [6.45, 7) is 3.15. The van der Waals surface area contributed by atoms with E-state index in [0.29, 0.717) is 42.6 Å². The average Bonchev–Trinajstić information content (AvgIpc) is 2.95. The molecule has 128 valence electrons. The number of rotatable bonds is 6. The minimum Gasteiger partial charge on any atom is -0.493 e. The Morgan fingerprint density at radius 3 is 2.96 bits per heavy atom. The fraction of sp³-hybridized carbons (Fsp3) is 0.438. The molecule has 7 nitrogen and oxygen atoms in total. The van der Waals surface area contributed by atoms with Crippen LogP contribution in [-0.2, 0) is 4.79 Å². The highest BCUT2D eigenvalue weighted by molar-refractivity contribution is 6.30. The zero-order chi connectivity index (χ0) is 17.1. The largest absolute Gasteiger partial charge is 0.493 e. The number of halogens is 1. The van der Waals surface area contributed by atoms with Crippen LogP contribution in [0.1, 0.15) is 31.2 Å². The molecule has 1 atom stereocenters. The predicted octanol–water partition coefficient (Wildman–Crippen LogP) is 1.84. The molecule has 1 aliphatic heterocycles. The summed E-state index contributed by atoms with van der Waals surface area (Å²) < 4.78 is 7.23. The van der Waals surface area contributed by atoms with Crippen molar-refractivity contribution in [2.24, 2.45) is 0 Å². The van der Waals surface area contributed by atoms with Crippen molar-refractivity contribution in [2.45, 2.75) is 25.5 Å². The smallest absolute Gasteiger partial charge is 0.226 e. The number of carbonyl (C=O) groups excluding carboxylic acids is 1. The van der Waals surface area contributed by atoms with Gasteiger partial charge in [-0.15, -0.1) is 5.10 Å². The Balaban J connectivity index is 1.41. The summed E-state index contributed by atoms with van der Waals surface area (Å²) in [6.07, 6.45) is 1.40. The Kier molecular flexibility index (Phi) is 5.01. The molecule has 2 heterocycles. The van der Waals surface area contributed by atoms with Gasteiger partial charge in [-0.05, 0) is 25.1 Å². The Bertz CT molecular complexity index is 713. The molecular weight excluding hydrogens is 332 g/mol. The van der Waals surface area contributed by atoms with Gasteiger partial charge in [0.15, 0.2) is 0 Å². The molecule has 1 N–H and O–H groups in total. The Morgan fingerprint density at radius 1 is 1.50 bits per heavy atom. The summed E-state index contributed by atoms with van der Waals surface area (Å²) in [5.74, 6) is 0.703. The molecule has 0 aliphatic carbocycles. The van der Waals surface area contributed by atoms with Crippen molar-refractivity contribution in [1.82, 2.24) is 19.9 Å². The summed E-state index contributed by atoms with van der Waals surface area (Å²) in [7, 11) is 0. The average molecular weight is 351 g/mol. The first-order valence-corrected chi connectivity index (χ1v) is 8.16. The second kappa shape index (κ2) is 7.19. The first kappa shape index (κ1) is 16.7. The van der Waals surface area contributed by atoms with E-state index in [-0.39, 0.29) is 11.9 Å². The lowest BCUT2D eigenvalue weighted by molar-refractivity contribution is -0.137. The van der Waals surface area contributed by atoms with Gasteiger partial charge in [-0.3, -0.25) is 4.79 Å². The standard InChI is InChI=1S/C16H19ClN4O3/c1-11(22)15-10-21(19-18-15)13-8-20(9-13)16(23)5-6-24-14-4-2-3-12(17)7-14/h2-4,7,10-11,13,22H,5-6,8-9H2,1H3. The van der Waals surface area contributed by atoms with Crippen LogP contribution in [0.2, 0.25) is 5.02 Å². The van der Waals surface area contributed by atoms with Gasteiger partial charge in [-0.2, -0.15) is 0 Å². The quantitative estimate of drug-likeness (QED) is 0.859. The van der Waals surface area contributed by atoms with Crippen LogP contribution in [0.3, 0.4) is 0 Å². The maximum atomic E-state index is 12.1. The monoisotopic (exact) mass is 350 g/mol. The van der Waals surface area contributed by atoms with Crippen molar-refractivity contribution in [2.75, 3.05) is 19.7 Å². The predicted molar refractivity (Wildman–Crippen MR) is 87.8 cm³/mol. The number of amides is 1. The van der Waals surface area contributed by atoms with Gasteiger partial charge in [0.1, 0.15) is 11.4 Å². The molecule has 8 heteroatoms. The highest BCUT2D eigenvalue weighted by Crippen LogP contribution is 2.22. The van der Waals surface area contributed by atoms with Gasteiger partial charge in [-0.25, -0.2) is 4.68 Å². The summed E-state index contributed by atoms with van der Waals surface area (Å²) in [6, 6.07) is 7.21. The molecule has 1 unspecified atom stereocenters. The third kappa shape index (κ3) is 3.85. The zero-order valence-corrected chi connectivity index (χ0v) is 14.1. The number of aliphatic hydroxyl groups is 1. The van der Waals surface area contributed by atoms with Gasteiger partial charge in [0.25, 0.3) is 0 Å². The molecule has 0 radical (unpaired) electrons. The topological polar surface area (TPSA) is 80.5 Å². The molecule has 1 fully saturated rings. The lowest BCUT2D eigenvalue weighted by Gasteiger charge is -2.38. The van der Waals surface area contributed by atoms with E-state index in [0.717, 1.165) is 0 Å². The number of aliphatic hydroxyl groups excluding tert-OH is 1. The van der Waals surface area contributed by atoms with Crippen molar-refractivity contribution >= 4 is 17.5 Å². The van der Waals surface area contributed by atoms with Gasteiger partial charge in [-0.1, -0.05) is 22.9 Å². The van der Waals surface area contributed by atoms with Gasteiger partial charge >= 0.3 is 0 Å². The van der Waals surface area contributed by atoms with Crippen LogP contribution in [0.5, 0.6) is 5.75 Å². The fourth-order valence-corrected chi connectivity index (χ4v) is 2.64. The molecular formula is C16H19ClN4O3. The fourth-order valence-electron chi connectivity index (χ4n) is 2.46. The Labute approximate surface area is 144 Å². The molecule has 1 amide bonds. The number of ether oxygens (including phenoxy) is 1. The molecule has 1 aliphatic rings. The van der Waals surface area contributed by atoms with Gasteiger partial charge in [0.2, 0.25) is 5.91 Å². The van der Waals surface area contributed by atoms with Crippen LogP contribution >= 0.6 is 11.6 Å². The van der Waals surface area contributed by atoms with E-state index in [1.54, 1.807) is 47.0 Å². The van der Waals surface area contributed by atoms with E-state index in [4.69, 9.17) is 16.3 Å². The number of benzene rings is 1. The highest BCUT2D eigenvalue weighted by atomic mass is 35.5. The van der Waals surface area contributed by atoms with E-state index >= 15 is 0 Å². The Morgan fingerprint density at radius 2 is 2.29 bits per heavy atom. The number of aromatic nitrogens is 3. The van der Waals surface area contributed by atoms with E-state index < -0.39 is 6.10 Å². The van der Waals surface area contributed by atoms with Gasteiger partial charge in [0, 0.05) is 18.1 Å². The second-order valence-electron chi connectivity index (χ2n) is 5.81. The molecule has 3 rings (SSSR count). The van der Waals surface area contributed by atoms with Crippen LogP contribution in [0.15, 0.2) is 30.5 Å². The molecule has 24 heavy (non-hydrogen) atoms. The van der Waals surface area contributed by atoms with Gasteiger partial charge < -0.3 is 14.7 Å². The van der Waals surface area contributed by atoms with Crippen LogP contribution in [0.4, 0.5) is 0 Å². The minimum absolute atomic E-state index is 0.0455. The number of hydrogen-bond donors (Lipinski definition) is 1. The molecule has 0 bridgehead atoms. The summed E-state index contributed by atoms with van der Waals surface area (Å²) >= 11 is 5.88. The number of carbonyl (C=O) groups is 1.